The summed E-state index contributed by atoms with van der Waals surface area (Å²) in [7, 11) is 0. The third-order valence-corrected chi connectivity index (χ3v) is 18.1. The van der Waals surface area contributed by atoms with E-state index in [1.54, 1.807) is 29.2 Å². The fourth-order valence-corrected chi connectivity index (χ4v) is 13.2. The molecule has 0 unspecified atom stereocenters. The van der Waals surface area contributed by atoms with Crippen LogP contribution in [-0.2, 0) is 60.6 Å². The second-order valence-corrected chi connectivity index (χ2v) is 26.1. The highest BCUT2D eigenvalue weighted by Crippen LogP contribution is 2.42. The number of aldehydes is 1. The van der Waals surface area contributed by atoms with Crippen LogP contribution >= 0.6 is 12.8 Å². The number of carbonyl (C=O) groups excluding carboxylic acids is 3. The number of morpholine rings is 2. The number of halogens is 2. The quantitative estimate of drug-likeness (QED) is 0.0417. The van der Waals surface area contributed by atoms with E-state index in [0.717, 1.165) is 116 Å². The van der Waals surface area contributed by atoms with E-state index in [4.69, 9.17) is 9.47 Å². The maximum atomic E-state index is 13.7. The molecule has 5 aromatic rings. The van der Waals surface area contributed by atoms with Crippen LogP contribution in [0.3, 0.4) is 0 Å². The summed E-state index contributed by atoms with van der Waals surface area (Å²) >= 11 is 4.06. The molecule has 0 aliphatic carbocycles. The third kappa shape index (κ3) is 17.2. The van der Waals surface area contributed by atoms with Crippen molar-refractivity contribution in [3.8, 4) is 0 Å². The monoisotopic (exact) mass is 1260 g/mol. The number of nitrogens with one attached hydrogen (secondary N) is 6. The molecule has 2 aromatic heterocycles. The van der Waals surface area contributed by atoms with Crippen LogP contribution in [0.25, 0.3) is 0 Å². The second kappa shape index (κ2) is 30.8. The molecule has 0 saturated carbocycles. The van der Waals surface area contributed by atoms with E-state index < -0.39 is 12.2 Å². The average molecular weight is 1260 g/mol. The molecule has 0 bridgehead atoms. The molecule has 6 N–H and O–H groups in total. The third-order valence-electron chi connectivity index (χ3n) is 17.9. The molecule has 0 radical (unpaired) electrons. The summed E-state index contributed by atoms with van der Waals surface area (Å²) < 4.78 is 41.1. The van der Waals surface area contributed by atoms with Gasteiger partial charge in [-0.1, -0.05) is 109 Å². The maximum Gasteiger partial charge on any atom is 0.251 e. The van der Waals surface area contributed by atoms with Crippen molar-refractivity contribution in [2.45, 2.75) is 116 Å². The molecular weight excluding hydrogens is 1170 g/mol. The minimum absolute atomic E-state index is 0.00347. The Morgan fingerprint density at radius 1 is 0.689 bits per heavy atom. The van der Waals surface area contributed by atoms with Gasteiger partial charge in [-0.15, -0.1) is 0 Å². The number of fused-ring (bicyclic) bond motifs is 2. The summed E-state index contributed by atoms with van der Waals surface area (Å²) in [6.07, 6.45) is 0.705. The lowest BCUT2D eigenvalue weighted by Crippen LogP contribution is -2.61. The number of thiol groups is 1. The number of hydrogen-bond acceptors (Lipinski definition) is 16. The van der Waals surface area contributed by atoms with Crippen LogP contribution in [0.15, 0.2) is 107 Å². The lowest BCUT2D eigenvalue weighted by atomic mass is 9.91. The minimum Gasteiger partial charge on any atom is -0.368 e. The van der Waals surface area contributed by atoms with Crippen LogP contribution in [0.5, 0.6) is 0 Å². The first-order valence-electron chi connectivity index (χ1n) is 31.8. The summed E-state index contributed by atoms with van der Waals surface area (Å²) in [6.45, 7) is 31.7. The number of aromatic amines is 2. The number of nitrogens with zero attached hydrogens (tertiary/aromatic N) is 6. The van der Waals surface area contributed by atoms with Gasteiger partial charge in [0.05, 0.1) is 31.1 Å². The number of anilines is 2. The Labute approximate surface area is 533 Å². The Morgan fingerprint density at radius 3 is 1.79 bits per heavy atom. The van der Waals surface area contributed by atoms with Crippen LogP contribution in [-0.4, -0.2) is 189 Å². The molecule has 4 fully saturated rings. The number of pyridine rings is 2. The van der Waals surface area contributed by atoms with Gasteiger partial charge in [-0.2, -0.15) is 0 Å². The zero-order valence-corrected chi connectivity index (χ0v) is 54.2. The van der Waals surface area contributed by atoms with E-state index in [0.29, 0.717) is 89.0 Å². The van der Waals surface area contributed by atoms with E-state index in [1.807, 2.05) is 64.1 Å². The second-order valence-electron chi connectivity index (χ2n) is 25.8. The van der Waals surface area contributed by atoms with Gasteiger partial charge in [0.25, 0.3) is 17.0 Å². The molecular formula is C68H92F2N12O7S. The van der Waals surface area contributed by atoms with Gasteiger partial charge in [0, 0.05) is 175 Å². The molecule has 90 heavy (non-hydrogen) atoms. The topological polar surface area (TPSA) is 203 Å². The van der Waals surface area contributed by atoms with Crippen LogP contribution in [0.2, 0.25) is 0 Å². The standard InChI is InChI=1S/C38H50FN7O3S.C28H36FN5O4.C2H6/c1-25-20-45(21-26(2)46-24-38(3,4)35-33(46)16-30(36(47)43-35)15-27-9-11-31(39)12-10-27)32(19-40-25)22-44-13-14-49-34(23-44)37(48)41-17-28-5-7-29(8-6-28)18-42-50;1-28(2)18-34(24-12-20(27(37)31-26(24)28)11-19-3-5-21(29)6-4-19)25(36)16-33-8-7-30-13-22(33)14-32-9-10-38-23(15-32)17-35;1-2/h5-12,16,25,32,34,40,42,50H,2,13-15,17-24H2,1,3-4H3,(H,41,48)(H,43,47);3-6,12,17,22-23,30H,7-11,13-16,18H2,1-2H3,(H,31,37);1-2H3/t25-,32-,34+;22-,23+;/m11./s1. The van der Waals surface area contributed by atoms with Crippen molar-refractivity contribution >= 4 is 42.3 Å². The minimum atomic E-state index is -0.523. The number of piperazine rings is 2. The largest absolute Gasteiger partial charge is 0.368 e. The van der Waals surface area contributed by atoms with Crippen molar-refractivity contribution in [2.24, 2.45) is 0 Å². The van der Waals surface area contributed by atoms with E-state index >= 15 is 0 Å². The lowest BCUT2D eigenvalue weighted by molar-refractivity contribution is -0.139. The van der Waals surface area contributed by atoms with Crippen LogP contribution in [0.1, 0.15) is 93.2 Å². The number of carbonyl (C=O) groups is 3. The number of H-pyrrole nitrogens is 2. The van der Waals surface area contributed by atoms with Crippen molar-refractivity contribution < 1.29 is 32.6 Å². The van der Waals surface area contributed by atoms with Gasteiger partial charge in [0.2, 0.25) is 5.91 Å². The molecule has 8 heterocycles. The van der Waals surface area contributed by atoms with E-state index in [9.17, 15) is 32.8 Å². The van der Waals surface area contributed by atoms with Crippen LogP contribution in [0.4, 0.5) is 20.2 Å². The van der Waals surface area contributed by atoms with E-state index in [-0.39, 0.29) is 64.0 Å². The number of rotatable bonds is 19. The number of amides is 2. The maximum absolute atomic E-state index is 13.7. The number of benzene rings is 3. The van der Waals surface area contributed by atoms with Crippen molar-refractivity contribution in [1.29, 1.82) is 0 Å². The first kappa shape index (κ1) is 67.9. The predicted molar refractivity (Wildman–Crippen MR) is 352 cm³/mol. The van der Waals surface area contributed by atoms with Gasteiger partial charge in [-0.05, 0) is 65.6 Å². The SMILES string of the molecule is C=C(CN1C[C@@H](C)NC[C@@H]1CN1CCO[C@H](C(=O)NCc2ccc(CNS)cc2)C1)N1CC(C)(C)c2[nH]c(=O)c(Cc3ccc(F)cc3)cc21.CC.CC1(C)CN(C(=O)CN2CCNC[C@@H]2CN2CCO[C@H](C=O)C2)c2cc(Cc3ccc(F)cc3)c(=O)[nH]c21. The number of ether oxygens (including phenoxy) is 2. The summed E-state index contributed by atoms with van der Waals surface area (Å²) in [5.74, 6) is -0.713. The Balaban J connectivity index is 0.000000215. The van der Waals surface area contributed by atoms with Crippen LogP contribution in [0, 0.1) is 11.6 Å². The van der Waals surface area contributed by atoms with E-state index in [2.05, 4.69) is 95.3 Å². The van der Waals surface area contributed by atoms with Crippen molar-refractivity contribution in [3.63, 3.8) is 0 Å². The van der Waals surface area contributed by atoms with Crippen molar-refractivity contribution in [1.82, 2.24) is 50.2 Å². The predicted octanol–water partition coefficient (Wildman–Crippen LogP) is 5.26. The van der Waals surface area contributed by atoms with Gasteiger partial charge in [0.1, 0.15) is 30.1 Å². The molecule has 22 heteroatoms. The van der Waals surface area contributed by atoms with Gasteiger partial charge in [-0.3, -0.25) is 43.5 Å². The van der Waals surface area contributed by atoms with Gasteiger partial charge < -0.3 is 50.0 Å². The van der Waals surface area contributed by atoms with Gasteiger partial charge in [-0.25, -0.2) is 8.78 Å². The molecule has 19 nitrogen and oxygen atoms in total. The number of hydrogen-bond donors (Lipinski definition) is 7. The molecule has 2 amide bonds. The highest BCUT2D eigenvalue weighted by Gasteiger charge is 2.42. The first-order chi connectivity index (χ1) is 43.2. The van der Waals surface area contributed by atoms with Gasteiger partial charge >= 0.3 is 0 Å². The molecule has 0 spiro atoms. The molecule has 11 rings (SSSR count). The Morgan fingerprint density at radius 2 is 1.21 bits per heavy atom. The Kier molecular flexibility index (Phi) is 23.2. The summed E-state index contributed by atoms with van der Waals surface area (Å²) in [4.78, 5) is 83.8. The summed E-state index contributed by atoms with van der Waals surface area (Å²) in [5.41, 5.74) is 8.49. The fraction of sp³-hybridized carbons (Fsp3) is 0.515. The summed E-state index contributed by atoms with van der Waals surface area (Å²) in [5, 5.41) is 10.1. The molecule has 486 valence electrons. The average Bonchev–Trinajstić information content (AvgIpc) is 2.05. The number of aromatic nitrogens is 2. The molecule has 5 atom stereocenters. The lowest BCUT2D eigenvalue weighted by Gasteiger charge is -2.44. The Hall–Kier alpha value is -6.44. The normalized spacial score (nSPS) is 22.5. The van der Waals surface area contributed by atoms with Crippen molar-refractivity contribution in [3.05, 3.63) is 174 Å². The molecule has 3 aromatic carbocycles. The highest BCUT2D eigenvalue weighted by atomic mass is 32.1. The van der Waals surface area contributed by atoms with E-state index in [1.165, 1.54) is 24.3 Å². The Bertz CT molecular complexity index is 3380. The molecule has 4 saturated heterocycles. The van der Waals surface area contributed by atoms with Crippen LogP contribution < -0.4 is 41.6 Å². The highest BCUT2D eigenvalue weighted by molar-refractivity contribution is 7.78. The van der Waals surface area contributed by atoms with Gasteiger partial charge in [0.15, 0.2) is 0 Å². The molecule has 6 aliphatic rings. The fourth-order valence-electron chi connectivity index (χ4n) is 13.1. The first-order valence-corrected chi connectivity index (χ1v) is 32.2. The van der Waals surface area contributed by atoms with Crippen molar-refractivity contribution in [2.75, 3.05) is 121 Å². The molecule has 6 aliphatic heterocycles. The smallest absolute Gasteiger partial charge is 0.251 e. The zero-order chi connectivity index (χ0) is 64.3. The zero-order valence-electron chi connectivity index (χ0n) is 53.3. The summed E-state index contributed by atoms with van der Waals surface area (Å²) in [6, 6.07) is 25.0.